The average Bonchev–Trinajstić information content (AvgIpc) is 3.18. The van der Waals surface area contributed by atoms with Gasteiger partial charge in [0.05, 0.1) is 40.3 Å². The molecule has 2 heterocycles. The van der Waals surface area contributed by atoms with Crippen molar-refractivity contribution < 1.29 is 23.7 Å². The average molecular weight is 507 g/mol. The lowest BCUT2D eigenvalue weighted by Crippen LogP contribution is -2.31. The molecule has 0 radical (unpaired) electrons. The first kappa shape index (κ1) is 26.1. The van der Waals surface area contributed by atoms with Gasteiger partial charge in [0.15, 0.2) is 11.5 Å². The number of carbonyl (C=O) groups excluding carboxylic acids is 1. The number of methoxy groups -OCH3 is 4. The number of aromatic nitrogens is 1. The van der Waals surface area contributed by atoms with Crippen LogP contribution in [0, 0.1) is 0 Å². The van der Waals surface area contributed by atoms with Gasteiger partial charge in [-0.05, 0) is 42.8 Å². The van der Waals surface area contributed by atoms with E-state index < -0.39 is 0 Å². The number of hydrogen-bond donors (Lipinski definition) is 1. The van der Waals surface area contributed by atoms with E-state index in [0.29, 0.717) is 34.2 Å². The maximum atomic E-state index is 12.6. The zero-order chi connectivity index (χ0) is 26.2. The lowest BCUT2D eigenvalue weighted by atomic mass is 10.1. The highest BCUT2D eigenvalue weighted by Gasteiger charge is 2.21. The SMILES string of the molecule is COc1cccc(C(=O)Nc2ccc(N3CCCN(Cc4ccc(OC)c(OC)c4OC)CC3)nc2)c1. The summed E-state index contributed by atoms with van der Waals surface area (Å²) in [6, 6.07) is 14.8. The highest BCUT2D eigenvalue weighted by molar-refractivity contribution is 6.04. The van der Waals surface area contributed by atoms with E-state index in [0.717, 1.165) is 50.5 Å². The number of anilines is 2. The number of pyridine rings is 1. The minimum Gasteiger partial charge on any atom is -0.497 e. The first-order valence-electron chi connectivity index (χ1n) is 12.2. The summed E-state index contributed by atoms with van der Waals surface area (Å²) in [5.74, 6) is 3.30. The number of carbonyl (C=O) groups is 1. The van der Waals surface area contributed by atoms with E-state index in [9.17, 15) is 4.79 Å². The van der Waals surface area contributed by atoms with Gasteiger partial charge in [0, 0.05) is 43.9 Å². The van der Waals surface area contributed by atoms with Crippen LogP contribution in [0.25, 0.3) is 0 Å². The molecule has 0 spiro atoms. The lowest BCUT2D eigenvalue weighted by molar-refractivity contribution is 0.102. The van der Waals surface area contributed by atoms with Crippen molar-refractivity contribution in [2.24, 2.45) is 0 Å². The summed E-state index contributed by atoms with van der Waals surface area (Å²) in [4.78, 5) is 21.9. The second-order valence-corrected chi connectivity index (χ2v) is 8.70. The fraction of sp³-hybridized carbons (Fsp3) is 0.357. The molecular weight excluding hydrogens is 472 g/mol. The summed E-state index contributed by atoms with van der Waals surface area (Å²) in [5.41, 5.74) is 2.23. The van der Waals surface area contributed by atoms with Gasteiger partial charge in [-0.15, -0.1) is 0 Å². The van der Waals surface area contributed by atoms with Gasteiger partial charge in [0.2, 0.25) is 5.75 Å². The van der Waals surface area contributed by atoms with Crippen molar-refractivity contribution in [2.75, 3.05) is 64.8 Å². The van der Waals surface area contributed by atoms with Gasteiger partial charge in [0.25, 0.3) is 5.91 Å². The van der Waals surface area contributed by atoms with Crippen LogP contribution >= 0.6 is 0 Å². The molecule has 3 aromatic rings. The molecule has 1 saturated heterocycles. The van der Waals surface area contributed by atoms with Crippen LogP contribution in [0.4, 0.5) is 11.5 Å². The number of benzene rings is 2. The van der Waals surface area contributed by atoms with Crippen molar-refractivity contribution in [3.63, 3.8) is 0 Å². The normalized spacial score (nSPS) is 14.0. The summed E-state index contributed by atoms with van der Waals surface area (Å²) >= 11 is 0. The molecule has 1 aromatic heterocycles. The fourth-order valence-electron chi connectivity index (χ4n) is 4.50. The van der Waals surface area contributed by atoms with Crippen LogP contribution in [0.15, 0.2) is 54.7 Å². The van der Waals surface area contributed by atoms with Crippen LogP contribution in [0.3, 0.4) is 0 Å². The first-order valence-corrected chi connectivity index (χ1v) is 12.2. The van der Waals surface area contributed by atoms with Crippen molar-refractivity contribution in [1.29, 1.82) is 0 Å². The van der Waals surface area contributed by atoms with Crippen molar-refractivity contribution in [3.8, 4) is 23.0 Å². The minimum absolute atomic E-state index is 0.204. The Kier molecular flexibility index (Phi) is 8.68. The van der Waals surface area contributed by atoms with Gasteiger partial charge in [0.1, 0.15) is 11.6 Å². The predicted octanol–water partition coefficient (Wildman–Crippen LogP) is 4.08. The Morgan fingerprint density at radius 1 is 0.892 bits per heavy atom. The largest absolute Gasteiger partial charge is 0.497 e. The molecule has 196 valence electrons. The highest BCUT2D eigenvalue weighted by atomic mass is 16.5. The van der Waals surface area contributed by atoms with Crippen LogP contribution in [-0.4, -0.2) is 70.4 Å². The zero-order valence-corrected chi connectivity index (χ0v) is 21.8. The number of nitrogens with zero attached hydrogens (tertiary/aromatic N) is 3. The van der Waals surface area contributed by atoms with Crippen LogP contribution in [0.5, 0.6) is 23.0 Å². The molecule has 0 saturated carbocycles. The molecule has 0 atom stereocenters. The molecule has 1 fully saturated rings. The van der Waals surface area contributed by atoms with Crippen LogP contribution in [0.2, 0.25) is 0 Å². The summed E-state index contributed by atoms with van der Waals surface area (Å²) in [7, 11) is 6.47. The third-order valence-corrected chi connectivity index (χ3v) is 6.43. The molecule has 9 nitrogen and oxygen atoms in total. The maximum Gasteiger partial charge on any atom is 0.255 e. The third-order valence-electron chi connectivity index (χ3n) is 6.43. The molecule has 1 N–H and O–H groups in total. The van der Waals surface area contributed by atoms with Gasteiger partial charge in [-0.3, -0.25) is 9.69 Å². The van der Waals surface area contributed by atoms with Crippen molar-refractivity contribution in [2.45, 2.75) is 13.0 Å². The highest BCUT2D eigenvalue weighted by Crippen LogP contribution is 2.40. The topological polar surface area (TPSA) is 85.4 Å². The molecule has 1 aliphatic rings. The second-order valence-electron chi connectivity index (χ2n) is 8.70. The molecule has 0 bridgehead atoms. The second kappa shape index (κ2) is 12.3. The number of amides is 1. The number of hydrogen-bond acceptors (Lipinski definition) is 8. The summed E-state index contributed by atoms with van der Waals surface area (Å²) in [6.07, 6.45) is 2.70. The van der Waals surface area contributed by atoms with E-state index in [-0.39, 0.29) is 5.91 Å². The van der Waals surface area contributed by atoms with Crippen LogP contribution < -0.4 is 29.2 Å². The Balaban J connectivity index is 1.37. The lowest BCUT2D eigenvalue weighted by Gasteiger charge is -2.24. The molecule has 9 heteroatoms. The Morgan fingerprint density at radius 2 is 1.73 bits per heavy atom. The van der Waals surface area contributed by atoms with Crippen molar-refractivity contribution in [3.05, 3.63) is 65.9 Å². The molecule has 1 aliphatic heterocycles. The molecule has 2 aromatic carbocycles. The van der Waals surface area contributed by atoms with Gasteiger partial charge >= 0.3 is 0 Å². The van der Waals surface area contributed by atoms with E-state index in [1.807, 2.05) is 24.3 Å². The smallest absolute Gasteiger partial charge is 0.255 e. The number of ether oxygens (including phenoxy) is 4. The quantitative estimate of drug-likeness (QED) is 0.465. The van der Waals surface area contributed by atoms with Gasteiger partial charge in [-0.1, -0.05) is 12.1 Å². The fourth-order valence-corrected chi connectivity index (χ4v) is 4.50. The maximum absolute atomic E-state index is 12.6. The first-order chi connectivity index (χ1) is 18.1. The Hall–Kier alpha value is -3.98. The summed E-state index contributed by atoms with van der Waals surface area (Å²) < 4.78 is 21.8. The molecule has 0 aliphatic carbocycles. The monoisotopic (exact) mass is 506 g/mol. The van der Waals surface area contributed by atoms with E-state index >= 15 is 0 Å². The summed E-state index contributed by atoms with van der Waals surface area (Å²) in [5, 5.41) is 2.90. The summed E-state index contributed by atoms with van der Waals surface area (Å²) in [6.45, 7) is 4.34. The Labute approximate surface area is 217 Å². The van der Waals surface area contributed by atoms with E-state index in [4.69, 9.17) is 18.9 Å². The predicted molar refractivity (Wildman–Crippen MR) is 143 cm³/mol. The van der Waals surface area contributed by atoms with Crippen LogP contribution in [0.1, 0.15) is 22.3 Å². The number of rotatable bonds is 9. The molecule has 1 amide bonds. The molecule has 0 unspecified atom stereocenters. The van der Waals surface area contributed by atoms with Gasteiger partial charge < -0.3 is 29.2 Å². The van der Waals surface area contributed by atoms with E-state index in [2.05, 4.69) is 20.1 Å². The van der Waals surface area contributed by atoms with Crippen molar-refractivity contribution >= 4 is 17.4 Å². The van der Waals surface area contributed by atoms with Gasteiger partial charge in [-0.25, -0.2) is 4.98 Å². The van der Waals surface area contributed by atoms with E-state index in [1.165, 1.54) is 0 Å². The zero-order valence-electron chi connectivity index (χ0n) is 21.8. The van der Waals surface area contributed by atoms with Crippen LogP contribution in [-0.2, 0) is 6.54 Å². The molecule has 4 rings (SSSR count). The Morgan fingerprint density at radius 3 is 2.43 bits per heavy atom. The molecular formula is C28H34N4O5. The third kappa shape index (κ3) is 6.24. The molecule has 37 heavy (non-hydrogen) atoms. The minimum atomic E-state index is -0.204. The standard InChI is InChI=1S/C28H34N4O5/c1-34-23-8-5-7-20(17-23)28(33)30-22-10-12-25(29-18-22)32-14-6-13-31(15-16-32)19-21-9-11-24(35-2)27(37-4)26(21)36-3/h5,7-12,17-18H,6,13-16,19H2,1-4H3,(H,30,33). The van der Waals surface area contributed by atoms with Crippen molar-refractivity contribution in [1.82, 2.24) is 9.88 Å². The Bertz CT molecular complexity index is 1200. The van der Waals surface area contributed by atoms with Gasteiger partial charge in [-0.2, -0.15) is 0 Å². The number of nitrogens with one attached hydrogen (secondary N) is 1. The van der Waals surface area contributed by atoms with E-state index in [1.54, 1.807) is 58.9 Å².